The van der Waals surface area contributed by atoms with Gasteiger partial charge in [0, 0.05) is 6.54 Å². The molecule has 0 aliphatic carbocycles. The first-order valence-corrected chi connectivity index (χ1v) is 9.04. The molecule has 0 saturated heterocycles. The molecule has 0 amide bonds. The fourth-order valence-corrected chi connectivity index (χ4v) is 3.50. The molecule has 25 heavy (non-hydrogen) atoms. The van der Waals surface area contributed by atoms with Crippen LogP contribution in [0, 0.1) is 6.92 Å². The first-order chi connectivity index (χ1) is 11.2. The zero-order valence-electron chi connectivity index (χ0n) is 14.3. The number of sulfone groups is 1. The molecule has 1 unspecified atom stereocenters. The van der Waals surface area contributed by atoms with Gasteiger partial charge in [-0.25, -0.2) is 8.42 Å². The number of likely N-dealkylation sites (N-methyl/N-ethyl adjacent to an activating group) is 1. The van der Waals surface area contributed by atoms with Crippen LogP contribution in [-0.4, -0.2) is 37.5 Å². The zero-order valence-corrected chi connectivity index (χ0v) is 16.0. The van der Waals surface area contributed by atoms with Crippen molar-refractivity contribution in [2.45, 2.75) is 36.2 Å². The zero-order chi connectivity index (χ0) is 17.9. The van der Waals surface area contributed by atoms with Crippen LogP contribution < -0.4 is 0 Å². The fraction of sp³-hybridized carbons (Fsp3) is 0.278. The van der Waals surface area contributed by atoms with Crippen molar-refractivity contribution in [2.24, 2.45) is 0 Å². The lowest BCUT2D eigenvalue weighted by Gasteiger charge is -2.21. The number of hydrogen-bond acceptors (Lipinski definition) is 4. The predicted molar refractivity (Wildman–Crippen MR) is 98.9 cm³/mol. The number of carboxylic acids is 1. The first-order valence-electron chi connectivity index (χ1n) is 7.55. The van der Waals surface area contributed by atoms with Gasteiger partial charge in [0.25, 0.3) is 0 Å². The van der Waals surface area contributed by atoms with E-state index in [-0.39, 0.29) is 22.2 Å². The number of aliphatic carboxylic acids is 1. The summed E-state index contributed by atoms with van der Waals surface area (Å²) in [6.45, 7) is 3.94. The van der Waals surface area contributed by atoms with Gasteiger partial charge in [0.15, 0.2) is 0 Å². The number of aryl methyl sites for hydroxylation is 1. The number of rotatable bonds is 6. The minimum Gasteiger partial charge on any atom is -0.480 e. The Morgan fingerprint density at radius 3 is 1.92 bits per heavy atom. The molecule has 2 aromatic rings. The Labute approximate surface area is 154 Å². The van der Waals surface area contributed by atoms with Gasteiger partial charge in [0.2, 0.25) is 9.84 Å². The van der Waals surface area contributed by atoms with E-state index < -0.39 is 21.8 Å². The molecule has 0 aliphatic heterocycles. The monoisotopic (exact) mass is 383 g/mol. The number of carboxylic acid groups (broad SMARTS) is 1. The number of halogens is 1. The van der Waals surface area contributed by atoms with Crippen molar-refractivity contribution in [3.05, 3.63) is 59.7 Å². The van der Waals surface area contributed by atoms with Gasteiger partial charge in [-0.05, 0) is 50.7 Å². The molecule has 0 heterocycles. The predicted octanol–water partition coefficient (Wildman–Crippen LogP) is 3.15. The Morgan fingerprint density at radius 2 is 1.48 bits per heavy atom. The summed E-state index contributed by atoms with van der Waals surface area (Å²) >= 11 is 0. The topological polar surface area (TPSA) is 74.7 Å². The molecule has 2 rings (SSSR count). The van der Waals surface area contributed by atoms with E-state index in [4.69, 9.17) is 5.11 Å². The van der Waals surface area contributed by atoms with E-state index in [0.717, 1.165) is 11.1 Å². The Kier molecular flexibility index (Phi) is 7.17. The Balaban J connectivity index is 0.00000312. The van der Waals surface area contributed by atoms with Gasteiger partial charge < -0.3 is 5.11 Å². The fourth-order valence-electron chi connectivity index (χ4n) is 2.24. The van der Waals surface area contributed by atoms with Gasteiger partial charge in [-0.15, -0.1) is 12.4 Å². The van der Waals surface area contributed by atoms with Crippen LogP contribution >= 0.6 is 12.4 Å². The largest absolute Gasteiger partial charge is 0.480 e. The smallest absolute Gasteiger partial charge is 0.320 e. The second-order valence-electron chi connectivity index (χ2n) is 5.89. The highest BCUT2D eigenvalue weighted by atomic mass is 35.5. The Hall–Kier alpha value is -1.89. The van der Waals surface area contributed by atoms with E-state index >= 15 is 0 Å². The molecular weight excluding hydrogens is 362 g/mol. The van der Waals surface area contributed by atoms with Crippen molar-refractivity contribution >= 4 is 28.2 Å². The lowest BCUT2D eigenvalue weighted by atomic mass is 10.2. The van der Waals surface area contributed by atoms with E-state index in [0.29, 0.717) is 6.54 Å². The number of nitrogens with zero attached hydrogens (tertiary/aromatic N) is 1. The van der Waals surface area contributed by atoms with E-state index in [1.54, 1.807) is 67.4 Å². The third-order valence-corrected chi connectivity index (χ3v) is 5.80. The molecule has 0 spiro atoms. The van der Waals surface area contributed by atoms with Crippen LogP contribution in [0.3, 0.4) is 0 Å². The van der Waals surface area contributed by atoms with Crippen LogP contribution in [0.25, 0.3) is 0 Å². The number of hydrogen-bond donors (Lipinski definition) is 1. The summed E-state index contributed by atoms with van der Waals surface area (Å²) in [7, 11) is -1.82. The normalized spacial score (nSPS) is 12.5. The summed E-state index contributed by atoms with van der Waals surface area (Å²) < 4.78 is 25.2. The number of carbonyl (C=O) groups is 1. The molecule has 0 radical (unpaired) electrons. The van der Waals surface area contributed by atoms with Crippen LogP contribution in [0.2, 0.25) is 0 Å². The van der Waals surface area contributed by atoms with Crippen molar-refractivity contribution in [3.63, 3.8) is 0 Å². The van der Waals surface area contributed by atoms with E-state index in [2.05, 4.69) is 0 Å². The Morgan fingerprint density at radius 1 is 1.04 bits per heavy atom. The highest BCUT2D eigenvalue weighted by Crippen LogP contribution is 2.22. The minimum atomic E-state index is -3.54. The highest BCUT2D eigenvalue weighted by molar-refractivity contribution is 7.91. The summed E-state index contributed by atoms with van der Waals surface area (Å²) in [6, 6.07) is 12.7. The molecule has 0 aromatic heterocycles. The lowest BCUT2D eigenvalue weighted by molar-refractivity contribution is -0.142. The second-order valence-corrected chi connectivity index (χ2v) is 7.84. The maximum atomic E-state index is 12.6. The van der Waals surface area contributed by atoms with Gasteiger partial charge in [-0.1, -0.05) is 29.8 Å². The van der Waals surface area contributed by atoms with E-state index in [9.17, 15) is 13.2 Å². The third kappa shape index (κ3) is 5.04. The van der Waals surface area contributed by atoms with Crippen LogP contribution in [0.15, 0.2) is 58.3 Å². The number of benzene rings is 2. The average Bonchev–Trinajstić information content (AvgIpc) is 2.55. The highest BCUT2D eigenvalue weighted by Gasteiger charge is 2.19. The van der Waals surface area contributed by atoms with Crippen LogP contribution in [0.4, 0.5) is 0 Å². The van der Waals surface area contributed by atoms with Gasteiger partial charge in [-0.3, -0.25) is 9.69 Å². The van der Waals surface area contributed by atoms with Crippen LogP contribution in [0.1, 0.15) is 18.1 Å². The molecule has 2 aromatic carbocycles. The van der Waals surface area contributed by atoms with Crippen molar-refractivity contribution in [3.8, 4) is 0 Å². The molecule has 0 aliphatic rings. The molecular formula is C18H22ClNO4S. The summed E-state index contributed by atoms with van der Waals surface area (Å²) in [5.41, 5.74) is 1.85. The van der Waals surface area contributed by atoms with Gasteiger partial charge >= 0.3 is 5.97 Å². The first kappa shape index (κ1) is 21.2. The summed E-state index contributed by atoms with van der Waals surface area (Å²) in [4.78, 5) is 13.2. The molecule has 0 fully saturated rings. The van der Waals surface area contributed by atoms with Crippen molar-refractivity contribution in [1.29, 1.82) is 0 Å². The minimum absolute atomic E-state index is 0. The maximum absolute atomic E-state index is 12.6. The molecule has 0 saturated carbocycles. The quantitative estimate of drug-likeness (QED) is 0.829. The summed E-state index contributed by atoms with van der Waals surface area (Å²) in [6.07, 6.45) is 0. The maximum Gasteiger partial charge on any atom is 0.320 e. The van der Waals surface area contributed by atoms with E-state index in [1.807, 2.05) is 6.92 Å². The molecule has 1 N–H and O–H groups in total. The third-order valence-electron chi connectivity index (χ3n) is 4.02. The molecule has 136 valence electrons. The standard InChI is InChI=1S/C18H21NO4S.ClH/c1-13-4-8-16(9-5-13)24(22,23)17-10-6-15(7-11-17)12-19(3)14(2)18(20)21;/h4-11,14H,12H2,1-3H3,(H,20,21);1H. The van der Waals surface area contributed by atoms with E-state index in [1.165, 1.54) is 0 Å². The van der Waals surface area contributed by atoms with Crippen LogP contribution in [0.5, 0.6) is 0 Å². The summed E-state index contributed by atoms with van der Waals surface area (Å²) in [5.74, 6) is -0.893. The van der Waals surface area contributed by atoms with Gasteiger partial charge in [0.1, 0.15) is 6.04 Å². The van der Waals surface area contributed by atoms with Gasteiger partial charge in [-0.2, -0.15) is 0 Å². The molecule has 1 atom stereocenters. The lowest BCUT2D eigenvalue weighted by Crippen LogP contribution is -2.35. The average molecular weight is 384 g/mol. The van der Waals surface area contributed by atoms with Crippen molar-refractivity contribution in [1.82, 2.24) is 4.90 Å². The van der Waals surface area contributed by atoms with Crippen molar-refractivity contribution < 1.29 is 18.3 Å². The molecule has 0 bridgehead atoms. The molecule has 5 nitrogen and oxygen atoms in total. The SMILES string of the molecule is Cc1ccc(S(=O)(=O)c2ccc(CN(C)C(C)C(=O)O)cc2)cc1.Cl. The van der Waals surface area contributed by atoms with Crippen molar-refractivity contribution in [2.75, 3.05) is 7.05 Å². The summed E-state index contributed by atoms with van der Waals surface area (Å²) in [5, 5.41) is 9.01. The second kappa shape index (κ2) is 8.47. The molecule has 7 heteroatoms. The Bertz CT molecular complexity index is 817. The van der Waals surface area contributed by atoms with Gasteiger partial charge in [0.05, 0.1) is 9.79 Å². The van der Waals surface area contributed by atoms with Crippen LogP contribution in [-0.2, 0) is 21.2 Å².